The first-order valence-electron chi connectivity index (χ1n) is 5.04. The molecule has 1 fully saturated rings. The lowest BCUT2D eigenvalue weighted by Crippen LogP contribution is -2.47. The summed E-state index contributed by atoms with van der Waals surface area (Å²) in [5.41, 5.74) is 1.79. The fourth-order valence-corrected chi connectivity index (χ4v) is 3.31. The van der Waals surface area contributed by atoms with Gasteiger partial charge in [-0.15, -0.1) is 0 Å². The van der Waals surface area contributed by atoms with Crippen molar-refractivity contribution in [3.63, 3.8) is 0 Å². The van der Waals surface area contributed by atoms with Crippen LogP contribution in [-0.2, 0) is 10.2 Å². The third-order valence-electron chi connectivity index (χ3n) is 2.56. The van der Waals surface area contributed by atoms with Crippen LogP contribution in [0.2, 0.25) is 0 Å². The van der Waals surface area contributed by atoms with Crippen LogP contribution in [0.25, 0.3) is 0 Å². The molecule has 0 atom stereocenters. The summed E-state index contributed by atoms with van der Waals surface area (Å²) < 4.78 is 28.4. The molecule has 0 aromatic heterocycles. The quantitative estimate of drug-likeness (QED) is 0.860. The average molecular weight is 305 g/mol. The summed E-state index contributed by atoms with van der Waals surface area (Å²) in [5, 5.41) is 0. The third-order valence-corrected chi connectivity index (χ3v) is 4.95. The van der Waals surface area contributed by atoms with Gasteiger partial charge in [0, 0.05) is 17.6 Å². The zero-order chi connectivity index (χ0) is 11.8. The second-order valence-corrected chi connectivity index (χ2v) is 6.29. The molecule has 0 unspecified atom stereocenters. The first-order chi connectivity index (χ1) is 7.50. The van der Waals surface area contributed by atoms with E-state index in [2.05, 4.69) is 20.7 Å². The van der Waals surface area contributed by atoms with Crippen molar-refractivity contribution in [3.8, 4) is 0 Å². The Balaban J connectivity index is 2.39. The molecule has 0 aliphatic carbocycles. The molecule has 1 heterocycles. The third kappa shape index (κ3) is 2.23. The molecule has 1 aromatic rings. The van der Waals surface area contributed by atoms with Crippen molar-refractivity contribution >= 4 is 31.8 Å². The molecule has 1 N–H and O–H groups in total. The molecule has 0 amide bonds. The maximum Gasteiger partial charge on any atom is 0.301 e. The Morgan fingerprint density at radius 2 is 2.19 bits per heavy atom. The van der Waals surface area contributed by atoms with Gasteiger partial charge in [-0.2, -0.15) is 13.1 Å². The standard InChI is InChI=1S/C10H13BrN2O2S/c1-8-3-4-9(7-10(8)11)13-6-2-5-12-16(13,14)15/h3-4,7,12H,2,5-6H2,1H3. The van der Waals surface area contributed by atoms with Gasteiger partial charge in [0.1, 0.15) is 0 Å². The Morgan fingerprint density at radius 1 is 1.44 bits per heavy atom. The second-order valence-electron chi connectivity index (χ2n) is 3.76. The van der Waals surface area contributed by atoms with Crippen LogP contribution in [0.4, 0.5) is 5.69 Å². The summed E-state index contributed by atoms with van der Waals surface area (Å²) >= 11 is 3.41. The van der Waals surface area contributed by atoms with Crippen LogP contribution < -0.4 is 9.03 Å². The van der Waals surface area contributed by atoms with Gasteiger partial charge in [0.2, 0.25) is 0 Å². The van der Waals surface area contributed by atoms with Crippen LogP contribution in [0.3, 0.4) is 0 Å². The highest BCUT2D eigenvalue weighted by molar-refractivity contribution is 9.10. The fraction of sp³-hybridized carbons (Fsp3) is 0.400. The molecule has 88 valence electrons. The Hall–Kier alpha value is -0.590. The Labute approximate surface area is 104 Å². The predicted octanol–water partition coefficient (Wildman–Crippen LogP) is 1.80. The molecule has 0 spiro atoms. The maximum atomic E-state index is 11.8. The molecular formula is C10H13BrN2O2S. The van der Waals surface area contributed by atoms with Gasteiger partial charge < -0.3 is 0 Å². The topological polar surface area (TPSA) is 49.4 Å². The van der Waals surface area contributed by atoms with Crippen LogP contribution in [0.1, 0.15) is 12.0 Å². The average Bonchev–Trinajstić information content (AvgIpc) is 2.22. The number of hydrogen-bond acceptors (Lipinski definition) is 2. The summed E-state index contributed by atoms with van der Waals surface area (Å²) in [7, 11) is -3.34. The van der Waals surface area contributed by atoms with Crippen LogP contribution in [0.15, 0.2) is 22.7 Å². The number of rotatable bonds is 1. The van der Waals surface area contributed by atoms with Crippen molar-refractivity contribution in [1.82, 2.24) is 4.72 Å². The van der Waals surface area contributed by atoms with E-state index in [9.17, 15) is 8.42 Å². The molecule has 1 aliphatic rings. The molecule has 2 rings (SSSR count). The number of aryl methyl sites for hydroxylation is 1. The zero-order valence-electron chi connectivity index (χ0n) is 8.90. The number of hydrogen-bond donors (Lipinski definition) is 1. The van der Waals surface area contributed by atoms with Gasteiger partial charge in [0.25, 0.3) is 0 Å². The number of nitrogens with zero attached hydrogens (tertiary/aromatic N) is 1. The molecule has 16 heavy (non-hydrogen) atoms. The Bertz CT molecular complexity index is 502. The lowest BCUT2D eigenvalue weighted by molar-refractivity contribution is 0.560. The minimum atomic E-state index is -3.34. The molecular weight excluding hydrogens is 292 g/mol. The Kier molecular flexibility index (Phi) is 3.23. The smallest absolute Gasteiger partial charge is 0.258 e. The summed E-state index contributed by atoms with van der Waals surface area (Å²) in [6.45, 7) is 3.02. The summed E-state index contributed by atoms with van der Waals surface area (Å²) in [6, 6.07) is 5.56. The van der Waals surface area contributed by atoms with Gasteiger partial charge in [0.05, 0.1) is 5.69 Å². The van der Waals surface area contributed by atoms with Crippen LogP contribution >= 0.6 is 15.9 Å². The summed E-state index contributed by atoms with van der Waals surface area (Å²) in [4.78, 5) is 0. The SMILES string of the molecule is Cc1ccc(N2CCCNS2(=O)=O)cc1Br. The first-order valence-corrected chi connectivity index (χ1v) is 7.27. The monoisotopic (exact) mass is 304 g/mol. The number of benzene rings is 1. The van der Waals surface area contributed by atoms with Crippen LogP contribution in [0.5, 0.6) is 0 Å². The highest BCUT2D eigenvalue weighted by atomic mass is 79.9. The molecule has 0 saturated carbocycles. The van der Waals surface area contributed by atoms with Gasteiger partial charge in [-0.3, -0.25) is 4.31 Å². The first kappa shape index (κ1) is 11.9. The normalized spacial score (nSPS) is 19.8. The van der Waals surface area contributed by atoms with E-state index in [0.717, 1.165) is 16.5 Å². The molecule has 1 saturated heterocycles. The Morgan fingerprint density at radius 3 is 2.81 bits per heavy atom. The van der Waals surface area contributed by atoms with Crippen molar-refractivity contribution in [2.45, 2.75) is 13.3 Å². The summed E-state index contributed by atoms with van der Waals surface area (Å²) in [6.07, 6.45) is 0.824. The lowest BCUT2D eigenvalue weighted by atomic mass is 10.2. The van der Waals surface area contributed by atoms with Crippen LogP contribution in [0, 0.1) is 6.92 Å². The van der Waals surface area contributed by atoms with Gasteiger partial charge in [0.15, 0.2) is 0 Å². The fourth-order valence-electron chi connectivity index (χ4n) is 1.63. The molecule has 4 nitrogen and oxygen atoms in total. The highest BCUT2D eigenvalue weighted by Gasteiger charge is 2.25. The second kappa shape index (κ2) is 4.35. The van der Waals surface area contributed by atoms with Crippen LogP contribution in [-0.4, -0.2) is 21.5 Å². The highest BCUT2D eigenvalue weighted by Crippen LogP contribution is 2.26. The number of halogens is 1. The minimum absolute atomic E-state index is 0.520. The molecule has 0 bridgehead atoms. The zero-order valence-corrected chi connectivity index (χ0v) is 11.3. The lowest BCUT2D eigenvalue weighted by Gasteiger charge is -2.28. The molecule has 1 aliphatic heterocycles. The van der Waals surface area contributed by atoms with Crippen molar-refractivity contribution < 1.29 is 8.42 Å². The molecule has 1 aromatic carbocycles. The van der Waals surface area contributed by atoms with E-state index in [1.54, 1.807) is 0 Å². The van der Waals surface area contributed by atoms with E-state index < -0.39 is 10.2 Å². The van der Waals surface area contributed by atoms with E-state index in [1.807, 2.05) is 25.1 Å². The van der Waals surface area contributed by atoms with Crippen molar-refractivity contribution in [3.05, 3.63) is 28.2 Å². The van der Waals surface area contributed by atoms with Gasteiger partial charge in [-0.25, -0.2) is 0 Å². The van der Waals surface area contributed by atoms with Crippen molar-refractivity contribution in [2.24, 2.45) is 0 Å². The number of anilines is 1. The van der Waals surface area contributed by atoms with E-state index in [-0.39, 0.29) is 0 Å². The maximum absolute atomic E-state index is 11.8. The van der Waals surface area contributed by atoms with Crippen molar-refractivity contribution in [2.75, 3.05) is 17.4 Å². The predicted molar refractivity (Wildman–Crippen MR) is 67.8 cm³/mol. The summed E-state index contributed by atoms with van der Waals surface area (Å²) in [5.74, 6) is 0. The number of nitrogens with one attached hydrogen (secondary N) is 1. The van der Waals surface area contributed by atoms with E-state index in [0.29, 0.717) is 18.8 Å². The van der Waals surface area contributed by atoms with E-state index in [4.69, 9.17) is 0 Å². The van der Waals surface area contributed by atoms with E-state index in [1.165, 1.54) is 4.31 Å². The van der Waals surface area contributed by atoms with Gasteiger partial charge >= 0.3 is 10.2 Å². The minimum Gasteiger partial charge on any atom is -0.258 e. The van der Waals surface area contributed by atoms with Crippen molar-refractivity contribution in [1.29, 1.82) is 0 Å². The largest absolute Gasteiger partial charge is 0.301 e. The van der Waals surface area contributed by atoms with Gasteiger partial charge in [-0.05, 0) is 31.0 Å². The molecule has 0 radical (unpaired) electrons. The molecule has 6 heteroatoms. The van der Waals surface area contributed by atoms with Gasteiger partial charge in [-0.1, -0.05) is 22.0 Å². The van der Waals surface area contributed by atoms with E-state index >= 15 is 0 Å².